The average molecular weight is 208 g/mol. The Morgan fingerprint density at radius 2 is 1.19 bits per heavy atom. The van der Waals surface area contributed by atoms with Gasteiger partial charge in [-0.3, -0.25) is 0 Å². The van der Waals surface area contributed by atoms with Gasteiger partial charge in [0.25, 0.3) is 0 Å². The largest absolute Gasteiger partial charge is 0.101 e. The lowest BCUT2D eigenvalue weighted by molar-refractivity contribution is 0.776. The van der Waals surface area contributed by atoms with Crippen LogP contribution in [0.3, 0.4) is 0 Å². The first-order chi connectivity index (χ1) is 7.92. The first-order valence-corrected chi connectivity index (χ1v) is 6.01. The van der Waals surface area contributed by atoms with E-state index in [4.69, 9.17) is 0 Å². The average Bonchev–Trinajstić information content (AvgIpc) is 2.38. The minimum absolute atomic E-state index is 0.549. The predicted octanol–water partition coefficient (Wildman–Crippen LogP) is 3.26. The summed E-state index contributed by atoms with van der Waals surface area (Å²) in [6.45, 7) is 0. The summed E-state index contributed by atoms with van der Waals surface area (Å²) in [6, 6.07) is 21.6. The van der Waals surface area contributed by atoms with Crippen LogP contribution in [0.4, 0.5) is 0 Å². The van der Waals surface area contributed by atoms with Gasteiger partial charge >= 0.3 is 0 Å². The van der Waals surface area contributed by atoms with Gasteiger partial charge in [-0.1, -0.05) is 67.0 Å². The van der Waals surface area contributed by atoms with Crippen LogP contribution in [-0.4, -0.2) is 7.85 Å². The maximum Gasteiger partial charge on any atom is 0.101 e. The summed E-state index contributed by atoms with van der Waals surface area (Å²) >= 11 is 0. The third kappa shape index (κ3) is 2.54. The van der Waals surface area contributed by atoms with Crippen molar-refractivity contribution in [1.29, 1.82) is 0 Å². The molecule has 0 radical (unpaired) electrons. The summed E-state index contributed by atoms with van der Waals surface area (Å²) in [6.07, 6.45) is 2.43. The van der Waals surface area contributed by atoms with Crippen molar-refractivity contribution in [2.24, 2.45) is 0 Å². The molecular weight excluding hydrogens is 191 g/mol. The zero-order valence-electron chi connectivity index (χ0n) is 9.77. The SMILES string of the molecule is BCCC(c1ccccc1)c1ccccc1. The number of rotatable bonds is 4. The van der Waals surface area contributed by atoms with Crippen molar-refractivity contribution >= 4 is 7.85 Å². The Kier molecular flexibility index (Phi) is 3.82. The van der Waals surface area contributed by atoms with Gasteiger partial charge < -0.3 is 0 Å². The second kappa shape index (κ2) is 5.55. The molecule has 1 heteroatoms. The van der Waals surface area contributed by atoms with Crippen molar-refractivity contribution in [3.63, 3.8) is 0 Å². The van der Waals surface area contributed by atoms with E-state index in [2.05, 4.69) is 68.5 Å². The standard InChI is InChI=1S/C15H17B/c16-12-11-15(13-7-3-1-4-8-13)14-9-5-2-6-10-14/h1-10,15H,11-12,16H2. The van der Waals surface area contributed by atoms with Gasteiger partial charge in [0.2, 0.25) is 0 Å². The minimum atomic E-state index is 0.549. The molecule has 2 aromatic carbocycles. The lowest BCUT2D eigenvalue weighted by Crippen LogP contribution is -2.00. The van der Waals surface area contributed by atoms with Crippen LogP contribution in [0.2, 0.25) is 6.32 Å². The molecule has 0 aliphatic carbocycles. The van der Waals surface area contributed by atoms with Gasteiger partial charge in [0.1, 0.15) is 7.85 Å². The van der Waals surface area contributed by atoms with Crippen molar-refractivity contribution in [2.45, 2.75) is 18.7 Å². The van der Waals surface area contributed by atoms with Crippen LogP contribution in [0.5, 0.6) is 0 Å². The van der Waals surface area contributed by atoms with E-state index in [9.17, 15) is 0 Å². The highest BCUT2D eigenvalue weighted by atomic mass is 14.1. The van der Waals surface area contributed by atoms with E-state index in [0.717, 1.165) is 0 Å². The molecule has 0 aromatic heterocycles. The summed E-state index contributed by atoms with van der Waals surface area (Å²) in [5.41, 5.74) is 2.85. The zero-order valence-corrected chi connectivity index (χ0v) is 9.77. The number of hydrogen-bond acceptors (Lipinski definition) is 0. The van der Waals surface area contributed by atoms with Crippen molar-refractivity contribution < 1.29 is 0 Å². The van der Waals surface area contributed by atoms with Crippen molar-refractivity contribution in [3.05, 3.63) is 71.8 Å². The van der Waals surface area contributed by atoms with Gasteiger partial charge in [-0.25, -0.2) is 0 Å². The summed E-state index contributed by atoms with van der Waals surface area (Å²) < 4.78 is 0. The summed E-state index contributed by atoms with van der Waals surface area (Å²) in [5.74, 6) is 0.549. The lowest BCUT2D eigenvalue weighted by Gasteiger charge is -2.17. The highest BCUT2D eigenvalue weighted by Gasteiger charge is 2.11. The van der Waals surface area contributed by atoms with E-state index in [0.29, 0.717) is 5.92 Å². The van der Waals surface area contributed by atoms with Gasteiger partial charge in [0.15, 0.2) is 0 Å². The molecule has 80 valence electrons. The Morgan fingerprint density at radius 1 is 0.750 bits per heavy atom. The van der Waals surface area contributed by atoms with Crippen molar-refractivity contribution in [2.75, 3.05) is 0 Å². The van der Waals surface area contributed by atoms with Crippen LogP contribution in [0.15, 0.2) is 60.7 Å². The minimum Gasteiger partial charge on any atom is -0.0802 e. The highest BCUT2D eigenvalue weighted by Crippen LogP contribution is 2.28. The van der Waals surface area contributed by atoms with E-state index in [1.165, 1.54) is 23.9 Å². The van der Waals surface area contributed by atoms with Gasteiger partial charge in [-0.05, 0) is 17.5 Å². The summed E-state index contributed by atoms with van der Waals surface area (Å²) in [5, 5.41) is 0. The fourth-order valence-corrected chi connectivity index (χ4v) is 2.19. The topological polar surface area (TPSA) is 0 Å². The molecule has 0 atom stereocenters. The molecule has 0 heterocycles. The molecule has 0 saturated heterocycles. The zero-order chi connectivity index (χ0) is 11.2. The van der Waals surface area contributed by atoms with E-state index >= 15 is 0 Å². The molecule has 0 saturated carbocycles. The number of hydrogen-bond donors (Lipinski definition) is 0. The molecular formula is C15H17B. The Morgan fingerprint density at radius 3 is 1.56 bits per heavy atom. The molecule has 2 rings (SSSR count). The second-order valence-corrected chi connectivity index (χ2v) is 4.16. The van der Waals surface area contributed by atoms with Gasteiger partial charge in [-0.2, -0.15) is 0 Å². The van der Waals surface area contributed by atoms with Crippen LogP contribution in [0, 0.1) is 0 Å². The molecule has 0 spiro atoms. The molecule has 0 aliphatic heterocycles. The van der Waals surface area contributed by atoms with E-state index in [1.54, 1.807) is 0 Å². The molecule has 0 fully saturated rings. The highest BCUT2D eigenvalue weighted by molar-refractivity contribution is 6.08. The van der Waals surface area contributed by atoms with Crippen molar-refractivity contribution in [3.8, 4) is 0 Å². The molecule has 0 aliphatic rings. The van der Waals surface area contributed by atoms with Crippen LogP contribution in [-0.2, 0) is 0 Å². The molecule has 0 amide bonds. The van der Waals surface area contributed by atoms with Crippen LogP contribution >= 0.6 is 0 Å². The monoisotopic (exact) mass is 208 g/mol. The molecule has 2 aromatic rings. The normalized spacial score (nSPS) is 10.6. The Hall–Kier alpha value is -1.50. The predicted molar refractivity (Wildman–Crippen MR) is 72.7 cm³/mol. The van der Waals surface area contributed by atoms with E-state index in [-0.39, 0.29) is 0 Å². The van der Waals surface area contributed by atoms with E-state index < -0.39 is 0 Å². The molecule has 0 nitrogen and oxygen atoms in total. The fourth-order valence-electron chi connectivity index (χ4n) is 2.19. The lowest BCUT2D eigenvalue weighted by atomic mass is 9.84. The van der Waals surface area contributed by atoms with Crippen LogP contribution < -0.4 is 0 Å². The van der Waals surface area contributed by atoms with Crippen LogP contribution in [0.25, 0.3) is 0 Å². The third-order valence-corrected chi connectivity index (χ3v) is 2.98. The van der Waals surface area contributed by atoms with Gasteiger partial charge in [0, 0.05) is 5.92 Å². The first-order valence-electron chi connectivity index (χ1n) is 6.01. The van der Waals surface area contributed by atoms with Gasteiger partial charge in [0.05, 0.1) is 0 Å². The second-order valence-electron chi connectivity index (χ2n) is 4.16. The fraction of sp³-hybridized carbons (Fsp3) is 0.200. The summed E-state index contributed by atoms with van der Waals surface area (Å²) in [4.78, 5) is 0. The first kappa shape index (κ1) is 11.0. The van der Waals surface area contributed by atoms with Crippen molar-refractivity contribution in [1.82, 2.24) is 0 Å². The smallest absolute Gasteiger partial charge is 0.0802 e. The Labute approximate surface area is 98.7 Å². The Balaban J connectivity index is 2.31. The third-order valence-electron chi connectivity index (χ3n) is 2.98. The maximum absolute atomic E-state index is 2.25. The number of benzene rings is 2. The Bertz CT molecular complexity index is 368. The van der Waals surface area contributed by atoms with E-state index in [1.807, 2.05) is 0 Å². The maximum atomic E-state index is 2.25. The summed E-state index contributed by atoms with van der Waals surface area (Å²) in [7, 11) is 2.25. The van der Waals surface area contributed by atoms with Crippen LogP contribution in [0.1, 0.15) is 23.5 Å². The quantitative estimate of drug-likeness (QED) is 0.676. The molecule has 16 heavy (non-hydrogen) atoms. The molecule has 0 N–H and O–H groups in total. The van der Waals surface area contributed by atoms with Gasteiger partial charge in [-0.15, -0.1) is 0 Å². The molecule has 0 unspecified atom stereocenters. The molecule has 0 bridgehead atoms.